The molecule has 28 heavy (non-hydrogen) atoms. The predicted molar refractivity (Wildman–Crippen MR) is 110 cm³/mol. The zero-order chi connectivity index (χ0) is 19.3. The highest BCUT2D eigenvalue weighted by atomic mass is 32.1. The minimum absolute atomic E-state index is 0.0703. The standard InChI is InChI=1S/C19H23N7OS/c1-24-7-9-25(10-8-24)17-4-2-16(3-5-17)21-19(27)12-18(15-6-11-28-13-15)26-14-20-22-23-26/h2-6,11,13-14,18H,7-10,12H2,1H3,(H,21,27)/t18-/m1/s1. The summed E-state index contributed by atoms with van der Waals surface area (Å²) in [5.41, 5.74) is 3.01. The van der Waals surface area contributed by atoms with Crippen LogP contribution in [0.2, 0.25) is 0 Å². The first-order chi connectivity index (χ1) is 13.7. The van der Waals surface area contributed by atoms with Gasteiger partial charge < -0.3 is 15.1 Å². The maximum absolute atomic E-state index is 12.6. The van der Waals surface area contributed by atoms with Crippen molar-refractivity contribution in [2.75, 3.05) is 43.4 Å². The van der Waals surface area contributed by atoms with E-state index < -0.39 is 0 Å². The first-order valence-corrected chi connectivity index (χ1v) is 10.2. The molecule has 1 amide bonds. The summed E-state index contributed by atoms with van der Waals surface area (Å²) in [5, 5.41) is 18.4. The number of nitrogens with zero attached hydrogens (tertiary/aromatic N) is 6. The van der Waals surface area contributed by atoms with Crippen molar-refractivity contribution in [3.63, 3.8) is 0 Å². The largest absolute Gasteiger partial charge is 0.369 e. The van der Waals surface area contributed by atoms with Gasteiger partial charge in [0.25, 0.3) is 0 Å². The van der Waals surface area contributed by atoms with Crippen LogP contribution >= 0.6 is 11.3 Å². The molecule has 1 aromatic carbocycles. The smallest absolute Gasteiger partial charge is 0.226 e. The van der Waals surface area contributed by atoms with Crippen LogP contribution < -0.4 is 10.2 Å². The van der Waals surface area contributed by atoms with Crippen molar-refractivity contribution in [1.29, 1.82) is 0 Å². The van der Waals surface area contributed by atoms with Gasteiger partial charge in [0.05, 0.1) is 12.5 Å². The number of nitrogens with one attached hydrogen (secondary N) is 1. The normalized spacial score (nSPS) is 16.1. The van der Waals surface area contributed by atoms with Gasteiger partial charge in [0.1, 0.15) is 6.33 Å². The van der Waals surface area contributed by atoms with Crippen LogP contribution in [0.25, 0.3) is 0 Å². The fourth-order valence-corrected chi connectivity index (χ4v) is 4.05. The van der Waals surface area contributed by atoms with Gasteiger partial charge in [-0.2, -0.15) is 11.3 Å². The first kappa shape index (κ1) is 18.6. The number of carbonyl (C=O) groups excluding carboxylic acids is 1. The number of benzene rings is 1. The molecular formula is C19H23N7OS. The van der Waals surface area contributed by atoms with E-state index in [2.05, 4.69) is 49.8 Å². The Morgan fingerprint density at radius 1 is 1.18 bits per heavy atom. The van der Waals surface area contributed by atoms with Gasteiger partial charge in [-0.3, -0.25) is 4.79 Å². The summed E-state index contributed by atoms with van der Waals surface area (Å²) in [6.07, 6.45) is 1.81. The maximum atomic E-state index is 12.6. The number of anilines is 2. The van der Waals surface area contributed by atoms with E-state index >= 15 is 0 Å². The molecule has 9 heteroatoms. The van der Waals surface area contributed by atoms with Crippen molar-refractivity contribution in [1.82, 2.24) is 25.1 Å². The summed E-state index contributed by atoms with van der Waals surface area (Å²) >= 11 is 1.59. The summed E-state index contributed by atoms with van der Waals surface area (Å²) in [6.45, 7) is 4.19. The van der Waals surface area contributed by atoms with Gasteiger partial charge in [0.15, 0.2) is 0 Å². The number of carbonyl (C=O) groups is 1. The number of aromatic nitrogens is 4. The highest BCUT2D eigenvalue weighted by Gasteiger charge is 2.20. The number of thiophene rings is 1. The molecule has 0 spiro atoms. The predicted octanol–water partition coefficient (Wildman–Crippen LogP) is 2.10. The van der Waals surface area contributed by atoms with Crippen LogP contribution in [0.5, 0.6) is 0 Å². The molecule has 0 unspecified atom stereocenters. The number of likely N-dealkylation sites (N-methyl/N-ethyl adjacent to an activating group) is 1. The van der Waals surface area contributed by atoms with Crippen LogP contribution in [-0.2, 0) is 4.79 Å². The second kappa shape index (κ2) is 8.49. The molecule has 3 heterocycles. The molecule has 1 saturated heterocycles. The molecule has 8 nitrogen and oxygen atoms in total. The van der Waals surface area contributed by atoms with Gasteiger partial charge in [0, 0.05) is 37.6 Å². The third-order valence-electron chi connectivity index (χ3n) is 5.01. The highest BCUT2D eigenvalue weighted by molar-refractivity contribution is 7.08. The first-order valence-electron chi connectivity index (χ1n) is 9.27. The van der Waals surface area contributed by atoms with Gasteiger partial charge >= 0.3 is 0 Å². The van der Waals surface area contributed by atoms with Crippen LogP contribution in [-0.4, -0.2) is 64.2 Å². The molecule has 0 saturated carbocycles. The van der Waals surface area contributed by atoms with E-state index in [1.54, 1.807) is 22.3 Å². The van der Waals surface area contributed by atoms with E-state index in [9.17, 15) is 4.79 Å². The average Bonchev–Trinajstić information content (AvgIpc) is 3.42. The van der Waals surface area contributed by atoms with Gasteiger partial charge in [-0.05, 0) is 64.1 Å². The van der Waals surface area contributed by atoms with E-state index in [1.807, 2.05) is 29.0 Å². The molecule has 3 aromatic rings. The van der Waals surface area contributed by atoms with E-state index in [1.165, 1.54) is 5.69 Å². The van der Waals surface area contributed by atoms with Crippen LogP contribution in [0.1, 0.15) is 18.0 Å². The van der Waals surface area contributed by atoms with Crippen molar-refractivity contribution in [3.8, 4) is 0 Å². The number of hydrogen-bond acceptors (Lipinski definition) is 7. The molecule has 1 fully saturated rings. The lowest BCUT2D eigenvalue weighted by atomic mass is 10.1. The lowest BCUT2D eigenvalue weighted by Gasteiger charge is -2.34. The molecule has 1 aliphatic rings. The minimum atomic E-state index is -0.217. The van der Waals surface area contributed by atoms with E-state index in [-0.39, 0.29) is 18.4 Å². The molecule has 146 valence electrons. The Morgan fingerprint density at radius 3 is 2.61 bits per heavy atom. The number of tetrazole rings is 1. The third kappa shape index (κ3) is 4.37. The van der Waals surface area contributed by atoms with Crippen molar-refractivity contribution in [2.45, 2.75) is 12.5 Å². The Morgan fingerprint density at radius 2 is 1.96 bits per heavy atom. The number of hydrogen-bond donors (Lipinski definition) is 1. The Hall–Kier alpha value is -2.78. The van der Waals surface area contributed by atoms with E-state index in [0.717, 1.165) is 37.4 Å². The van der Waals surface area contributed by atoms with Crippen LogP contribution in [0.3, 0.4) is 0 Å². The van der Waals surface area contributed by atoms with Crippen molar-refractivity contribution >= 4 is 28.6 Å². The summed E-state index contributed by atoms with van der Waals surface area (Å²) in [5.74, 6) is -0.0703. The molecule has 1 N–H and O–H groups in total. The van der Waals surface area contributed by atoms with Crippen LogP contribution in [0.15, 0.2) is 47.4 Å². The Bertz CT molecular complexity index is 837. The monoisotopic (exact) mass is 397 g/mol. The van der Waals surface area contributed by atoms with E-state index in [4.69, 9.17) is 0 Å². The van der Waals surface area contributed by atoms with Gasteiger partial charge in [-0.25, -0.2) is 4.68 Å². The number of amides is 1. The summed E-state index contributed by atoms with van der Waals surface area (Å²) < 4.78 is 1.62. The number of rotatable bonds is 6. The summed E-state index contributed by atoms with van der Waals surface area (Å²) in [4.78, 5) is 17.3. The minimum Gasteiger partial charge on any atom is -0.369 e. The van der Waals surface area contributed by atoms with Crippen molar-refractivity contribution < 1.29 is 4.79 Å². The third-order valence-corrected chi connectivity index (χ3v) is 5.71. The maximum Gasteiger partial charge on any atom is 0.226 e. The summed E-state index contributed by atoms with van der Waals surface area (Å²) in [7, 11) is 2.15. The lowest BCUT2D eigenvalue weighted by molar-refractivity contribution is -0.116. The summed E-state index contributed by atoms with van der Waals surface area (Å²) in [6, 6.07) is 9.84. The fourth-order valence-electron chi connectivity index (χ4n) is 3.35. The zero-order valence-electron chi connectivity index (χ0n) is 15.7. The number of piperazine rings is 1. The second-order valence-corrected chi connectivity index (χ2v) is 7.73. The fraction of sp³-hybridized carbons (Fsp3) is 0.368. The van der Waals surface area contributed by atoms with Gasteiger partial charge in [-0.15, -0.1) is 5.10 Å². The molecule has 0 aliphatic carbocycles. The molecular weight excluding hydrogens is 374 g/mol. The molecule has 1 aliphatic heterocycles. The van der Waals surface area contributed by atoms with Crippen LogP contribution in [0.4, 0.5) is 11.4 Å². The molecule has 2 aromatic heterocycles. The highest BCUT2D eigenvalue weighted by Crippen LogP contribution is 2.24. The van der Waals surface area contributed by atoms with Crippen molar-refractivity contribution in [3.05, 3.63) is 53.0 Å². The molecule has 0 bridgehead atoms. The van der Waals surface area contributed by atoms with Gasteiger partial charge in [-0.1, -0.05) is 0 Å². The van der Waals surface area contributed by atoms with Crippen LogP contribution in [0, 0.1) is 0 Å². The quantitative estimate of drug-likeness (QED) is 0.686. The Balaban J connectivity index is 1.39. The second-order valence-electron chi connectivity index (χ2n) is 6.95. The average molecular weight is 398 g/mol. The SMILES string of the molecule is CN1CCN(c2ccc(NC(=O)C[C@H](c3ccsc3)n3cnnn3)cc2)CC1. The topological polar surface area (TPSA) is 79.2 Å². The Kier molecular flexibility index (Phi) is 5.63. The molecule has 4 rings (SSSR count). The lowest BCUT2D eigenvalue weighted by Crippen LogP contribution is -2.44. The molecule has 1 atom stereocenters. The Labute approximate surface area is 167 Å². The zero-order valence-corrected chi connectivity index (χ0v) is 16.5. The van der Waals surface area contributed by atoms with Crippen molar-refractivity contribution in [2.24, 2.45) is 0 Å². The van der Waals surface area contributed by atoms with Gasteiger partial charge in [0.2, 0.25) is 5.91 Å². The van der Waals surface area contributed by atoms with E-state index in [0.29, 0.717) is 0 Å². The molecule has 0 radical (unpaired) electrons.